The van der Waals surface area contributed by atoms with Crippen molar-refractivity contribution in [2.45, 2.75) is 26.1 Å². The number of fused-ring (bicyclic) bond motifs is 2. The van der Waals surface area contributed by atoms with Crippen LogP contribution in [0.5, 0.6) is 0 Å². The Morgan fingerprint density at radius 3 is 3.04 bits per heavy atom. The summed E-state index contributed by atoms with van der Waals surface area (Å²) in [5, 5.41) is 11.1. The van der Waals surface area contributed by atoms with Gasteiger partial charge in [0, 0.05) is 19.2 Å². The zero-order valence-electron chi connectivity index (χ0n) is 14.0. The van der Waals surface area contributed by atoms with E-state index in [1.807, 2.05) is 10.7 Å². The van der Waals surface area contributed by atoms with Crippen molar-refractivity contribution >= 4 is 29.3 Å². The Hall–Kier alpha value is -2.64. The van der Waals surface area contributed by atoms with E-state index >= 15 is 0 Å². The standard InChI is InChI=1S/C18H18N4O3.ClH/c23-15-9-17(25-16-5-2-1-4-14(15)16)18(24)20-10-12-8-13-11-19-6-3-7-22(13)21-12;/h1-2,4-5,8-9,19H,3,6-7,10-11H2,(H,20,24);1H. The predicted octanol–water partition coefficient (Wildman–Crippen LogP) is 1.83. The molecule has 3 aromatic rings. The largest absolute Gasteiger partial charge is 0.451 e. The minimum atomic E-state index is -0.427. The van der Waals surface area contributed by atoms with Crippen molar-refractivity contribution < 1.29 is 9.21 Å². The average molecular weight is 375 g/mol. The summed E-state index contributed by atoms with van der Waals surface area (Å²) in [7, 11) is 0. The Bertz CT molecular complexity index is 972. The first kappa shape index (κ1) is 18.2. The molecule has 2 N–H and O–H groups in total. The van der Waals surface area contributed by atoms with Gasteiger partial charge in [-0.25, -0.2) is 0 Å². The molecule has 0 atom stereocenters. The maximum Gasteiger partial charge on any atom is 0.287 e. The van der Waals surface area contributed by atoms with Crippen LogP contribution in [0.3, 0.4) is 0 Å². The Morgan fingerprint density at radius 2 is 2.15 bits per heavy atom. The van der Waals surface area contributed by atoms with Gasteiger partial charge < -0.3 is 15.1 Å². The summed E-state index contributed by atoms with van der Waals surface area (Å²) in [6, 6.07) is 10.1. The Balaban J connectivity index is 0.00000196. The van der Waals surface area contributed by atoms with Crippen LogP contribution in [0, 0.1) is 0 Å². The number of hydrogen-bond acceptors (Lipinski definition) is 5. The lowest BCUT2D eigenvalue weighted by Gasteiger charge is -2.04. The summed E-state index contributed by atoms with van der Waals surface area (Å²) in [4.78, 5) is 24.4. The molecule has 1 amide bonds. The summed E-state index contributed by atoms with van der Waals surface area (Å²) < 4.78 is 7.51. The molecule has 4 rings (SSSR count). The van der Waals surface area contributed by atoms with Crippen LogP contribution in [0.1, 0.15) is 28.4 Å². The first-order valence-corrected chi connectivity index (χ1v) is 8.28. The summed E-state index contributed by atoms with van der Waals surface area (Å²) >= 11 is 0. The van der Waals surface area contributed by atoms with Crippen molar-refractivity contribution in [1.29, 1.82) is 0 Å². The molecule has 0 saturated heterocycles. The fraction of sp³-hybridized carbons (Fsp3) is 0.278. The van der Waals surface area contributed by atoms with Crippen LogP contribution >= 0.6 is 12.4 Å². The molecule has 1 aromatic carbocycles. The zero-order chi connectivity index (χ0) is 17.2. The number of halogens is 1. The molecule has 7 nitrogen and oxygen atoms in total. The van der Waals surface area contributed by atoms with Gasteiger partial charge in [0.05, 0.1) is 23.3 Å². The average Bonchev–Trinajstić information content (AvgIpc) is 2.89. The minimum Gasteiger partial charge on any atom is -0.451 e. The van der Waals surface area contributed by atoms with Gasteiger partial charge >= 0.3 is 0 Å². The lowest BCUT2D eigenvalue weighted by Crippen LogP contribution is -2.24. The summed E-state index contributed by atoms with van der Waals surface area (Å²) in [5.41, 5.74) is 2.07. The molecule has 8 heteroatoms. The quantitative estimate of drug-likeness (QED) is 0.730. The van der Waals surface area contributed by atoms with Crippen LogP contribution in [0.4, 0.5) is 0 Å². The van der Waals surface area contributed by atoms with Gasteiger partial charge in [-0.05, 0) is 31.2 Å². The van der Waals surface area contributed by atoms with E-state index in [2.05, 4.69) is 15.7 Å². The fourth-order valence-corrected chi connectivity index (χ4v) is 2.98. The first-order chi connectivity index (χ1) is 12.2. The highest BCUT2D eigenvalue weighted by Gasteiger charge is 2.14. The Morgan fingerprint density at radius 1 is 1.31 bits per heavy atom. The lowest BCUT2D eigenvalue weighted by atomic mass is 10.2. The van der Waals surface area contributed by atoms with E-state index in [4.69, 9.17) is 4.42 Å². The monoisotopic (exact) mass is 374 g/mol. The molecular formula is C18H19ClN4O3. The highest BCUT2D eigenvalue weighted by Crippen LogP contribution is 2.12. The summed E-state index contributed by atoms with van der Waals surface area (Å²) in [5.74, 6) is -0.421. The topological polar surface area (TPSA) is 89.2 Å². The maximum atomic E-state index is 12.3. The van der Waals surface area contributed by atoms with Crippen LogP contribution in [-0.4, -0.2) is 22.2 Å². The number of carbonyl (C=O) groups is 1. The van der Waals surface area contributed by atoms with E-state index in [9.17, 15) is 9.59 Å². The molecule has 26 heavy (non-hydrogen) atoms. The molecular weight excluding hydrogens is 356 g/mol. The minimum absolute atomic E-state index is 0. The van der Waals surface area contributed by atoms with Crippen molar-refractivity contribution in [3.8, 4) is 0 Å². The van der Waals surface area contributed by atoms with Gasteiger partial charge in [0.25, 0.3) is 5.91 Å². The second-order valence-electron chi connectivity index (χ2n) is 6.03. The molecule has 0 bridgehead atoms. The number of para-hydroxylation sites is 1. The molecule has 1 aliphatic rings. The zero-order valence-corrected chi connectivity index (χ0v) is 14.8. The van der Waals surface area contributed by atoms with E-state index in [-0.39, 0.29) is 30.1 Å². The molecule has 136 valence electrons. The number of amides is 1. The predicted molar refractivity (Wildman–Crippen MR) is 99.5 cm³/mol. The van der Waals surface area contributed by atoms with E-state index < -0.39 is 5.91 Å². The second kappa shape index (κ2) is 7.72. The smallest absolute Gasteiger partial charge is 0.287 e. The number of aryl methyl sites for hydroxylation is 1. The second-order valence-corrected chi connectivity index (χ2v) is 6.03. The van der Waals surface area contributed by atoms with Crippen molar-refractivity contribution in [3.05, 3.63) is 63.8 Å². The van der Waals surface area contributed by atoms with Gasteiger partial charge in [0.2, 0.25) is 0 Å². The molecule has 2 aromatic heterocycles. The number of benzene rings is 1. The number of nitrogens with zero attached hydrogens (tertiary/aromatic N) is 2. The number of rotatable bonds is 3. The number of aromatic nitrogens is 2. The Labute approximate surface area is 155 Å². The third kappa shape index (κ3) is 3.63. The third-order valence-electron chi connectivity index (χ3n) is 4.23. The van der Waals surface area contributed by atoms with Crippen LogP contribution in [0.25, 0.3) is 11.0 Å². The normalized spacial score (nSPS) is 13.5. The van der Waals surface area contributed by atoms with Gasteiger partial charge in [0.15, 0.2) is 11.2 Å². The molecule has 0 saturated carbocycles. The van der Waals surface area contributed by atoms with Crippen LogP contribution in [-0.2, 0) is 19.6 Å². The Kier molecular flexibility index (Phi) is 5.39. The number of carbonyl (C=O) groups excluding carboxylic acids is 1. The van der Waals surface area contributed by atoms with E-state index in [0.717, 1.165) is 37.4 Å². The highest BCUT2D eigenvalue weighted by molar-refractivity contribution is 5.93. The molecule has 0 radical (unpaired) electrons. The summed E-state index contributed by atoms with van der Waals surface area (Å²) in [6.07, 6.45) is 1.03. The van der Waals surface area contributed by atoms with Crippen molar-refractivity contribution in [1.82, 2.24) is 20.4 Å². The van der Waals surface area contributed by atoms with E-state index in [1.165, 1.54) is 6.07 Å². The molecule has 1 aliphatic heterocycles. The van der Waals surface area contributed by atoms with Gasteiger partial charge in [-0.15, -0.1) is 12.4 Å². The number of nitrogens with one attached hydrogen (secondary N) is 2. The van der Waals surface area contributed by atoms with Crippen LogP contribution in [0.15, 0.2) is 45.6 Å². The van der Waals surface area contributed by atoms with Crippen molar-refractivity contribution in [2.24, 2.45) is 0 Å². The molecule has 3 heterocycles. The fourth-order valence-electron chi connectivity index (χ4n) is 2.98. The highest BCUT2D eigenvalue weighted by atomic mass is 35.5. The van der Waals surface area contributed by atoms with E-state index in [1.54, 1.807) is 24.3 Å². The molecule has 0 unspecified atom stereocenters. The van der Waals surface area contributed by atoms with Gasteiger partial charge in [-0.2, -0.15) is 5.10 Å². The van der Waals surface area contributed by atoms with Gasteiger partial charge in [0.1, 0.15) is 5.58 Å². The van der Waals surface area contributed by atoms with Crippen LogP contribution < -0.4 is 16.1 Å². The summed E-state index contributed by atoms with van der Waals surface area (Å²) in [6.45, 7) is 2.92. The van der Waals surface area contributed by atoms with Gasteiger partial charge in [-0.1, -0.05) is 12.1 Å². The molecule has 0 spiro atoms. The van der Waals surface area contributed by atoms with Crippen molar-refractivity contribution in [2.75, 3.05) is 6.54 Å². The molecule has 0 fully saturated rings. The first-order valence-electron chi connectivity index (χ1n) is 8.28. The maximum absolute atomic E-state index is 12.3. The molecule has 0 aliphatic carbocycles. The number of hydrogen-bond donors (Lipinski definition) is 2. The van der Waals surface area contributed by atoms with E-state index in [0.29, 0.717) is 11.0 Å². The van der Waals surface area contributed by atoms with Crippen molar-refractivity contribution in [3.63, 3.8) is 0 Å². The van der Waals surface area contributed by atoms with Crippen LogP contribution in [0.2, 0.25) is 0 Å². The lowest BCUT2D eigenvalue weighted by molar-refractivity contribution is 0.0923. The van der Waals surface area contributed by atoms with Gasteiger partial charge in [-0.3, -0.25) is 14.3 Å². The third-order valence-corrected chi connectivity index (χ3v) is 4.23. The SMILES string of the molecule is Cl.O=C(NCc1cc2n(n1)CCCNC2)c1cc(=O)c2ccccc2o1.